The zero-order chi connectivity index (χ0) is 14.5. The molecule has 1 saturated carbocycles. The molecule has 6 heteroatoms. The fourth-order valence-corrected chi connectivity index (χ4v) is 1.90. The third-order valence-corrected chi connectivity index (χ3v) is 3.24. The van der Waals surface area contributed by atoms with Crippen molar-refractivity contribution >= 4 is 17.7 Å². The molecule has 2 amide bonds. The lowest BCUT2D eigenvalue weighted by Gasteiger charge is -2.11. The standard InChI is InChI=1S/C14H18N2O4/c1-20-10-4-5-12(11(8-10)13(17)18)16-14(19)15-7-6-9-2-3-9/h4-5,8-9H,2-3,6-7H2,1H3,(H,17,18)(H2,15,16,19). The van der Waals surface area contributed by atoms with E-state index in [9.17, 15) is 9.59 Å². The predicted molar refractivity (Wildman–Crippen MR) is 74.3 cm³/mol. The van der Waals surface area contributed by atoms with Gasteiger partial charge in [0.15, 0.2) is 0 Å². The van der Waals surface area contributed by atoms with E-state index >= 15 is 0 Å². The van der Waals surface area contributed by atoms with Gasteiger partial charge in [0.1, 0.15) is 5.75 Å². The maximum atomic E-state index is 11.7. The first-order valence-electron chi connectivity index (χ1n) is 6.56. The Balaban J connectivity index is 1.95. The van der Waals surface area contributed by atoms with E-state index in [0.29, 0.717) is 12.3 Å². The highest BCUT2D eigenvalue weighted by molar-refractivity contribution is 6.00. The van der Waals surface area contributed by atoms with Crippen LogP contribution in [0.1, 0.15) is 29.6 Å². The Bertz CT molecular complexity index is 512. The third-order valence-electron chi connectivity index (χ3n) is 3.24. The molecule has 6 nitrogen and oxygen atoms in total. The van der Waals surface area contributed by atoms with Gasteiger partial charge in [0.05, 0.1) is 18.4 Å². The van der Waals surface area contributed by atoms with E-state index in [1.165, 1.54) is 32.1 Å². The molecule has 0 bridgehead atoms. The number of anilines is 1. The molecular weight excluding hydrogens is 260 g/mol. The van der Waals surface area contributed by atoms with Crippen molar-refractivity contribution in [2.45, 2.75) is 19.3 Å². The van der Waals surface area contributed by atoms with Crippen LogP contribution in [0, 0.1) is 5.92 Å². The molecule has 0 saturated heterocycles. The van der Waals surface area contributed by atoms with Crippen LogP contribution in [0.4, 0.5) is 10.5 Å². The van der Waals surface area contributed by atoms with E-state index in [2.05, 4.69) is 10.6 Å². The number of urea groups is 1. The second-order valence-corrected chi connectivity index (χ2v) is 4.83. The molecule has 0 heterocycles. The number of methoxy groups -OCH3 is 1. The van der Waals surface area contributed by atoms with Crippen LogP contribution in [0.25, 0.3) is 0 Å². The van der Waals surface area contributed by atoms with Crippen LogP contribution in [0.15, 0.2) is 18.2 Å². The Morgan fingerprint density at radius 3 is 2.75 bits per heavy atom. The second-order valence-electron chi connectivity index (χ2n) is 4.83. The minimum Gasteiger partial charge on any atom is -0.497 e. The third kappa shape index (κ3) is 3.88. The summed E-state index contributed by atoms with van der Waals surface area (Å²) in [5, 5.41) is 14.4. The maximum absolute atomic E-state index is 11.7. The monoisotopic (exact) mass is 278 g/mol. The average Bonchev–Trinajstić information content (AvgIpc) is 3.23. The molecule has 1 fully saturated rings. The number of amides is 2. The summed E-state index contributed by atoms with van der Waals surface area (Å²) in [4.78, 5) is 22.9. The van der Waals surface area contributed by atoms with Gasteiger partial charge in [0.2, 0.25) is 0 Å². The predicted octanol–water partition coefficient (Wildman–Crippen LogP) is 2.31. The number of hydrogen-bond donors (Lipinski definition) is 3. The smallest absolute Gasteiger partial charge is 0.337 e. The lowest BCUT2D eigenvalue weighted by atomic mass is 10.1. The number of hydrogen-bond acceptors (Lipinski definition) is 3. The van der Waals surface area contributed by atoms with E-state index in [0.717, 1.165) is 12.3 Å². The summed E-state index contributed by atoms with van der Waals surface area (Å²) in [7, 11) is 1.46. The van der Waals surface area contributed by atoms with E-state index < -0.39 is 12.0 Å². The number of carbonyl (C=O) groups is 2. The van der Waals surface area contributed by atoms with Crippen LogP contribution < -0.4 is 15.4 Å². The molecule has 0 radical (unpaired) electrons. The molecule has 2 rings (SSSR count). The van der Waals surface area contributed by atoms with Crippen molar-refractivity contribution in [3.63, 3.8) is 0 Å². The number of nitrogens with one attached hydrogen (secondary N) is 2. The molecule has 0 unspecified atom stereocenters. The van der Waals surface area contributed by atoms with Gasteiger partial charge in [-0.2, -0.15) is 0 Å². The second kappa shape index (κ2) is 6.27. The number of carboxylic acid groups (broad SMARTS) is 1. The normalized spacial score (nSPS) is 13.7. The van der Waals surface area contributed by atoms with Gasteiger partial charge in [0, 0.05) is 6.54 Å². The van der Waals surface area contributed by atoms with Gasteiger partial charge in [-0.15, -0.1) is 0 Å². The summed E-state index contributed by atoms with van der Waals surface area (Å²) in [6.07, 6.45) is 3.46. The van der Waals surface area contributed by atoms with Crippen LogP contribution in [-0.4, -0.2) is 30.8 Å². The summed E-state index contributed by atoms with van der Waals surface area (Å²) in [6.45, 7) is 0.606. The molecule has 20 heavy (non-hydrogen) atoms. The molecule has 1 aliphatic carbocycles. The molecule has 1 aromatic carbocycles. The van der Waals surface area contributed by atoms with E-state index in [-0.39, 0.29) is 11.3 Å². The van der Waals surface area contributed by atoms with Crippen molar-refractivity contribution < 1.29 is 19.4 Å². The van der Waals surface area contributed by atoms with E-state index in [1.54, 1.807) is 6.07 Å². The van der Waals surface area contributed by atoms with Gasteiger partial charge >= 0.3 is 12.0 Å². The van der Waals surface area contributed by atoms with Gasteiger partial charge in [-0.25, -0.2) is 9.59 Å². The SMILES string of the molecule is COc1ccc(NC(=O)NCCC2CC2)c(C(=O)O)c1. The molecule has 1 aromatic rings. The molecule has 0 aliphatic heterocycles. The van der Waals surface area contributed by atoms with Crippen molar-refractivity contribution in [2.75, 3.05) is 19.0 Å². The zero-order valence-electron chi connectivity index (χ0n) is 11.3. The maximum Gasteiger partial charge on any atom is 0.337 e. The number of rotatable bonds is 6. The van der Waals surface area contributed by atoms with Crippen LogP contribution >= 0.6 is 0 Å². The van der Waals surface area contributed by atoms with Crippen molar-refractivity contribution in [2.24, 2.45) is 5.92 Å². The highest BCUT2D eigenvalue weighted by Crippen LogP contribution is 2.31. The zero-order valence-corrected chi connectivity index (χ0v) is 11.3. The average molecular weight is 278 g/mol. The molecule has 3 N–H and O–H groups in total. The Labute approximate surface area is 117 Å². The first-order chi connectivity index (χ1) is 9.60. The van der Waals surface area contributed by atoms with Crippen LogP contribution in [0.5, 0.6) is 5.75 Å². The van der Waals surface area contributed by atoms with Crippen molar-refractivity contribution in [3.05, 3.63) is 23.8 Å². The number of ether oxygens (including phenoxy) is 1. The molecule has 0 spiro atoms. The summed E-state index contributed by atoms with van der Waals surface area (Å²) >= 11 is 0. The van der Waals surface area contributed by atoms with Crippen molar-refractivity contribution in [1.29, 1.82) is 0 Å². The number of benzene rings is 1. The molecular formula is C14H18N2O4. The van der Waals surface area contributed by atoms with Crippen molar-refractivity contribution in [3.8, 4) is 5.75 Å². The topological polar surface area (TPSA) is 87.7 Å². The van der Waals surface area contributed by atoms with E-state index in [1.807, 2.05) is 0 Å². The first-order valence-corrected chi connectivity index (χ1v) is 6.56. The Hall–Kier alpha value is -2.24. The molecule has 0 aromatic heterocycles. The summed E-state index contributed by atoms with van der Waals surface area (Å²) < 4.78 is 4.97. The Kier molecular flexibility index (Phi) is 4.45. The largest absolute Gasteiger partial charge is 0.497 e. The van der Waals surface area contributed by atoms with Gasteiger partial charge in [-0.3, -0.25) is 0 Å². The minimum atomic E-state index is -1.11. The Morgan fingerprint density at radius 1 is 1.40 bits per heavy atom. The summed E-state index contributed by atoms with van der Waals surface area (Å²) in [6, 6.07) is 4.11. The lowest BCUT2D eigenvalue weighted by Crippen LogP contribution is -2.30. The molecule has 0 atom stereocenters. The van der Waals surface area contributed by atoms with Gasteiger partial charge in [0.25, 0.3) is 0 Å². The highest BCUT2D eigenvalue weighted by Gasteiger charge is 2.20. The fourth-order valence-electron chi connectivity index (χ4n) is 1.90. The lowest BCUT2D eigenvalue weighted by molar-refractivity contribution is 0.0697. The summed E-state index contributed by atoms with van der Waals surface area (Å²) in [5.41, 5.74) is 0.254. The van der Waals surface area contributed by atoms with Crippen LogP contribution in [-0.2, 0) is 0 Å². The molecule has 108 valence electrons. The number of aromatic carboxylic acids is 1. The van der Waals surface area contributed by atoms with Gasteiger partial charge in [-0.1, -0.05) is 12.8 Å². The quantitative estimate of drug-likeness (QED) is 0.745. The van der Waals surface area contributed by atoms with Gasteiger partial charge < -0.3 is 20.5 Å². The van der Waals surface area contributed by atoms with Gasteiger partial charge in [-0.05, 0) is 30.5 Å². The van der Waals surface area contributed by atoms with Crippen LogP contribution in [0.3, 0.4) is 0 Å². The minimum absolute atomic E-state index is 0.00157. The Morgan fingerprint density at radius 2 is 2.15 bits per heavy atom. The van der Waals surface area contributed by atoms with E-state index in [4.69, 9.17) is 9.84 Å². The fraction of sp³-hybridized carbons (Fsp3) is 0.429. The van der Waals surface area contributed by atoms with Crippen LogP contribution in [0.2, 0.25) is 0 Å². The number of carboxylic acids is 1. The first kappa shape index (κ1) is 14.2. The highest BCUT2D eigenvalue weighted by atomic mass is 16.5. The molecule has 1 aliphatic rings. The summed E-state index contributed by atoms with van der Waals surface area (Å²) in [5.74, 6) is 0.0603. The van der Waals surface area contributed by atoms with Crippen molar-refractivity contribution in [1.82, 2.24) is 5.32 Å². The number of carbonyl (C=O) groups excluding carboxylic acids is 1.